The second-order valence-corrected chi connectivity index (χ2v) is 5.99. The molecule has 1 fully saturated rings. The van der Waals surface area contributed by atoms with Gasteiger partial charge in [0.15, 0.2) is 0 Å². The summed E-state index contributed by atoms with van der Waals surface area (Å²) in [5, 5.41) is 0. The summed E-state index contributed by atoms with van der Waals surface area (Å²) < 4.78 is 10.6. The predicted octanol–water partition coefficient (Wildman–Crippen LogP) is 2.73. The largest absolute Gasteiger partial charge is 0.461 e. The van der Waals surface area contributed by atoms with Crippen LogP contribution in [0.1, 0.15) is 53.9 Å². The summed E-state index contributed by atoms with van der Waals surface area (Å²) in [6, 6.07) is -0.496. The Morgan fingerprint density at radius 3 is 2.53 bits per heavy atom. The Kier molecular flexibility index (Phi) is 5.20. The van der Waals surface area contributed by atoms with Crippen LogP contribution in [0.15, 0.2) is 0 Å². The molecule has 1 aliphatic rings. The zero-order valence-corrected chi connectivity index (χ0v) is 12.6. The van der Waals surface area contributed by atoms with E-state index in [0.717, 1.165) is 12.8 Å². The van der Waals surface area contributed by atoms with Gasteiger partial charge in [-0.05, 0) is 47.0 Å². The highest BCUT2D eigenvalue weighted by Gasteiger charge is 2.37. The molecule has 0 radical (unpaired) electrons. The van der Waals surface area contributed by atoms with Gasteiger partial charge >= 0.3 is 12.1 Å². The molecule has 1 heterocycles. The third kappa shape index (κ3) is 4.73. The minimum atomic E-state index is -0.551. The molecule has 0 aromatic carbocycles. The van der Waals surface area contributed by atoms with E-state index < -0.39 is 17.7 Å². The number of nitrogens with zero attached hydrogens (tertiary/aromatic N) is 1. The maximum atomic E-state index is 12.0. The molecule has 0 bridgehead atoms. The van der Waals surface area contributed by atoms with Crippen LogP contribution < -0.4 is 0 Å². The highest BCUT2D eigenvalue weighted by Crippen LogP contribution is 2.22. The monoisotopic (exact) mass is 271 g/mol. The fourth-order valence-corrected chi connectivity index (χ4v) is 1.91. The Hall–Kier alpha value is -1.26. The van der Waals surface area contributed by atoms with Gasteiger partial charge in [-0.1, -0.05) is 6.92 Å². The van der Waals surface area contributed by atoms with Crippen LogP contribution in [0.3, 0.4) is 0 Å². The highest BCUT2D eigenvalue weighted by molar-refractivity contribution is 5.82. The quantitative estimate of drug-likeness (QED) is 0.741. The normalized spacial score (nSPS) is 21.1. The Bertz CT molecular complexity index is 335. The van der Waals surface area contributed by atoms with E-state index in [-0.39, 0.29) is 12.1 Å². The van der Waals surface area contributed by atoms with Crippen molar-refractivity contribution in [3.63, 3.8) is 0 Å². The van der Waals surface area contributed by atoms with Gasteiger partial charge < -0.3 is 9.47 Å². The van der Waals surface area contributed by atoms with E-state index in [4.69, 9.17) is 9.47 Å². The third-order valence-corrected chi connectivity index (χ3v) is 3.05. The Balaban J connectivity index is 2.63. The van der Waals surface area contributed by atoms with Crippen molar-refractivity contribution in [3.8, 4) is 0 Å². The standard InChI is InChI=1S/C14H25NO4/c1-6-10(2)18-12(16)11-8-7-9-15(11)13(17)19-14(3,4)5/h10-11H,6-9H2,1-5H3. The maximum absolute atomic E-state index is 12.0. The van der Waals surface area contributed by atoms with Crippen LogP contribution in [-0.4, -0.2) is 41.3 Å². The van der Waals surface area contributed by atoms with Crippen molar-refractivity contribution < 1.29 is 19.1 Å². The van der Waals surface area contributed by atoms with Crippen LogP contribution in [0.5, 0.6) is 0 Å². The van der Waals surface area contributed by atoms with Crippen LogP contribution >= 0.6 is 0 Å². The van der Waals surface area contributed by atoms with E-state index >= 15 is 0 Å². The van der Waals surface area contributed by atoms with Gasteiger partial charge in [0, 0.05) is 6.54 Å². The predicted molar refractivity (Wildman–Crippen MR) is 71.8 cm³/mol. The van der Waals surface area contributed by atoms with Crippen molar-refractivity contribution in [1.82, 2.24) is 4.90 Å². The van der Waals surface area contributed by atoms with E-state index in [1.165, 1.54) is 4.90 Å². The van der Waals surface area contributed by atoms with Crippen molar-refractivity contribution in [2.75, 3.05) is 6.54 Å². The van der Waals surface area contributed by atoms with Gasteiger partial charge in [0.1, 0.15) is 11.6 Å². The summed E-state index contributed by atoms with van der Waals surface area (Å²) in [6.07, 6.45) is 1.67. The molecule has 0 N–H and O–H groups in total. The fourth-order valence-electron chi connectivity index (χ4n) is 1.91. The highest BCUT2D eigenvalue weighted by atomic mass is 16.6. The average molecular weight is 271 g/mol. The molecular formula is C14H25NO4. The van der Waals surface area contributed by atoms with Crippen molar-refractivity contribution in [1.29, 1.82) is 0 Å². The molecular weight excluding hydrogens is 246 g/mol. The number of amides is 1. The van der Waals surface area contributed by atoms with E-state index in [9.17, 15) is 9.59 Å². The van der Waals surface area contributed by atoms with E-state index in [1.807, 2.05) is 34.6 Å². The summed E-state index contributed by atoms with van der Waals surface area (Å²) in [5.74, 6) is -0.322. The SMILES string of the molecule is CCC(C)OC(=O)C1CCCN1C(=O)OC(C)(C)C. The van der Waals surface area contributed by atoms with Gasteiger partial charge in [-0.2, -0.15) is 0 Å². The number of esters is 1. The molecule has 1 amide bonds. The lowest BCUT2D eigenvalue weighted by Crippen LogP contribution is -2.44. The topological polar surface area (TPSA) is 55.8 Å². The van der Waals surface area contributed by atoms with Crippen LogP contribution in [0.25, 0.3) is 0 Å². The molecule has 0 aliphatic carbocycles. The molecule has 19 heavy (non-hydrogen) atoms. The molecule has 1 rings (SSSR count). The molecule has 0 saturated carbocycles. The van der Waals surface area contributed by atoms with Gasteiger partial charge in [0.05, 0.1) is 6.10 Å². The van der Waals surface area contributed by atoms with E-state index in [2.05, 4.69) is 0 Å². The van der Waals surface area contributed by atoms with Crippen LogP contribution in [0.4, 0.5) is 4.79 Å². The molecule has 1 aliphatic heterocycles. The van der Waals surface area contributed by atoms with Crippen LogP contribution in [0.2, 0.25) is 0 Å². The summed E-state index contributed by atoms with van der Waals surface area (Å²) in [7, 11) is 0. The number of hydrogen-bond donors (Lipinski definition) is 0. The number of likely N-dealkylation sites (tertiary alicyclic amines) is 1. The Labute approximate surface area is 115 Å². The number of rotatable bonds is 3. The summed E-state index contributed by atoms with van der Waals surface area (Å²) in [6.45, 7) is 9.80. The number of hydrogen-bond acceptors (Lipinski definition) is 4. The van der Waals surface area contributed by atoms with Gasteiger partial charge in [-0.3, -0.25) is 4.90 Å². The van der Waals surface area contributed by atoms with Crippen LogP contribution in [-0.2, 0) is 14.3 Å². The number of ether oxygens (including phenoxy) is 2. The second-order valence-electron chi connectivity index (χ2n) is 5.99. The molecule has 0 aromatic rings. The zero-order chi connectivity index (χ0) is 14.6. The zero-order valence-electron chi connectivity index (χ0n) is 12.6. The van der Waals surface area contributed by atoms with Gasteiger partial charge in [0.2, 0.25) is 0 Å². The van der Waals surface area contributed by atoms with Gasteiger partial charge in [-0.25, -0.2) is 9.59 Å². The Morgan fingerprint density at radius 2 is 2.00 bits per heavy atom. The first-order valence-corrected chi connectivity index (χ1v) is 6.94. The first-order chi connectivity index (χ1) is 8.74. The molecule has 2 unspecified atom stereocenters. The number of carbonyl (C=O) groups is 2. The maximum Gasteiger partial charge on any atom is 0.411 e. The van der Waals surface area contributed by atoms with Crippen molar-refractivity contribution in [3.05, 3.63) is 0 Å². The molecule has 110 valence electrons. The van der Waals surface area contributed by atoms with Crippen molar-refractivity contribution >= 4 is 12.1 Å². The summed E-state index contributed by atoms with van der Waals surface area (Å²) in [4.78, 5) is 25.5. The van der Waals surface area contributed by atoms with Crippen molar-refractivity contribution in [2.45, 2.75) is 71.6 Å². The smallest absolute Gasteiger partial charge is 0.411 e. The lowest BCUT2D eigenvalue weighted by Gasteiger charge is -2.28. The van der Waals surface area contributed by atoms with Gasteiger partial charge in [-0.15, -0.1) is 0 Å². The number of carbonyl (C=O) groups excluding carboxylic acids is 2. The molecule has 5 nitrogen and oxygen atoms in total. The van der Waals surface area contributed by atoms with Crippen LogP contribution in [0, 0.1) is 0 Å². The second kappa shape index (κ2) is 6.26. The molecule has 0 spiro atoms. The first-order valence-electron chi connectivity index (χ1n) is 6.94. The molecule has 1 saturated heterocycles. The fraction of sp³-hybridized carbons (Fsp3) is 0.857. The minimum absolute atomic E-state index is 0.117. The Morgan fingerprint density at radius 1 is 1.37 bits per heavy atom. The summed E-state index contributed by atoms with van der Waals surface area (Å²) >= 11 is 0. The lowest BCUT2D eigenvalue weighted by atomic mass is 10.2. The minimum Gasteiger partial charge on any atom is -0.461 e. The molecule has 2 atom stereocenters. The third-order valence-electron chi connectivity index (χ3n) is 3.05. The van der Waals surface area contributed by atoms with E-state index in [1.54, 1.807) is 0 Å². The lowest BCUT2D eigenvalue weighted by molar-refractivity contribution is -0.153. The van der Waals surface area contributed by atoms with E-state index in [0.29, 0.717) is 13.0 Å². The molecule has 0 aromatic heterocycles. The summed E-state index contributed by atoms with van der Waals surface area (Å²) in [5.41, 5.74) is -0.551. The van der Waals surface area contributed by atoms with Crippen molar-refractivity contribution in [2.24, 2.45) is 0 Å². The van der Waals surface area contributed by atoms with Gasteiger partial charge in [0.25, 0.3) is 0 Å². The first kappa shape index (κ1) is 15.8. The molecule has 5 heteroatoms. The average Bonchev–Trinajstić information content (AvgIpc) is 2.75.